The molecule has 3 aliphatic heterocycles. The van der Waals surface area contributed by atoms with Crippen LogP contribution in [0.1, 0.15) is 67.3 Å². The number of aromatic hydroxyl groups is 1. The van der Waals surface area contributed by atoms with Crippen LogP contribution < -0.4 is 23.8 Å². The summed E-state index contributed by atoms with van der Waals surface area (Å²) in [4.78, 5) is 38.6. The molecule has 10 nitrogen and oxygen atoms in total. The highest BCUT2D eigenvalue weighted by atomic mass is 16.5. The molecule has 1 aliphatic carbocycles. The average molecular weight is 734 g/mol. The number of ether oxygens (including phenoxy) is 4. The molecular formula is C45H39N3O7. The molecule has 0 spiro atoms. The maximum atomic E-state index is 13.8. The number of Topliss-reactive ketones (excluding diaryl/α,β-unsaturated/α-hetero) is 1. The fourth-order valence-corrected chi connectivity index (χ4v) is 8.40. The number of anilines is 1. The number of phenols is 1. The molecule has 0 saturated carbocycles. The van der Waals surface area contributed by atoms with Crippen LogP contribution in [0, 0.1) is 5.92 Å². The van der Waals surface area contributed by atoms with E-state index >= 15 is 0 Å². The van der Waals surface area contributed by atoms with Crippen LogP contribution in [-0.4, -0.2) is 49.5 Å². The van der Waals surface area contributed by atoms with E-state index in [1.165, 1.54) is 18.2 Å². The molecular weight excluding hydrogens is 695 g/mol. The summed E-state index contributed by atoms with van der Waals surface area (Å²) in [7, 11) is 3.07. The molecule has 55 heavy (non-hydrogen) atoms. The zero-order chi connectivity index (χ0) is 37.6. The number of para-hydroxylation sites is 1. The van der Waals surface area contributed by atoms with Crippen molar-refractivity contribution in [3.8, 4) is 28.7 Å². The largest absolute Gasteiger partial charge is 0.508 e. The van der Waals surface area contributed by atoms with Crippen LogP contribution in [0.5, 0.6) is 28.7 Å². The van der Waals surface area contributed by atoms with Crippen LogP contribution in [0.2, 0.25) is 0 Å². The van der Waals surface area contributed by atoms with Crippen LogP contribution in [-0.2, 0) is 26.1 Å². The van der Waals surface area contributed by atoms with Gasteiger partial charge < -0.3 is 24.1 Å². The number of amides is 1. The van der Waals surface area contributed by atoms with E-state index in [1.54, 1.807) is 48.4 Å². The van der Waals surface area contributed by atoms with Crippen LogP contribution in [0.25, 0.3) is 0 Å². The lowest BCUT2D eigenvalue weighted by atomic mass is 9.88. The molecule has 3 heterocycles. The topological polar surface area (TPSA) is 119 Å². The van der Waals surface area contributed by atoms with E-state index < -0.39 is 0 Å². The van der Waals surface area contributed by atoms with Crippen LogP contribution in [0.4, 0.5) is 17.1 Å². The lowest BCUT2D eigenvalue weighted by molar-refractivity contribution is 0.0972. The average Bonchev–Trinajstić information content (AvgIpc) is 3.73. The Morgan fingerprint density at radius 1 is 0.709 bits per heavy atom. The first-order chi connectivity index (χ1) is 26.9. The van der Waals surface area contributed by atoms with Gasteiger partial charge in [0.05, 0.1) is 37.2 Å². The Kier molecular flexibility index (Phi) is 8.80. The van der Waals surface area contributed by atoms with Gasteiger partial charge in [-0.1, -0.05) is 42.5 Å². The SMILES string of the molecule is COc1cc2c(cc1OCc1cc(O)cc(COc3cc4c(cc3OC)C(=O)N3c5ccccc5C[C@H]3C=N4)c1)N=C[C@@H]1Cc3ccccc3C1CCC2=O. The van der Waals surface area contributed by atoms with Gasteiger partial charge >= 0.3 is 0 Å². The van der Waals surface area contributed by atoms with Gasteiger partial charge in [0, 0.05) is 54.6 Å². The summed E-state index contributed by atoms with van der Waals surface area (Å²) in [6.45, 7) is 0.204. The summed E-state index contributed by atoms with van der Waals surface area (Å²) in [6, 6.07) is 28.2. The van der Waals surface area contributed by atoms with Gasteiger partial charge in [0.15, 0.2) is 28.8 Å². The van der Waals surface area contributed by atoms with Crippen molar-refractivity contribution >= 4 is 41.2 Å². The Balaban J connectivity index is 0.923. The molecule has 0 saturated heterocycles. The number of carbonyl (C=O) groups excluding carboxylic acids is 2. The third-order valence-electron chi connectivity index (χ3n) is 11.1. The second kappa shape index (κ2) is 14.1. The number of carbonyl (C=O) groups is 2. The minimum Gasteiger partial charge on any atom is -0.508 e. The highest BCUT2D eigenvalue weighted by Crippen LogP contribution is 2.44. The third kappa shape index (κ3) is 6.37. The molecule has 4 aliphatic rings. The molecule has 0 aromatic heterocycles. The van der Waals surface area contributed by atoms with Crippen molar-refractivity contribution in [2.24, 2.45) is 15.9 Å². The van der Waals surface area contributed by atoms with Gasteiger partial charge in [-0.25, -0.2) is 0 Å². The number of hydrogen-bond acceptors (Lipinski definition) is 9. The molecule has 1 amide bonds. The summed E-state index contributed by atoms with van der Waals surface area (Å²) < 4.78 is 23.8. The van der Waals surface area contributed by atoms with Crippen LogP contribution >= 0.6 is 0 Å². The van der Waals surface area contributed by atoms with Crippen molar-refractivity contribution in [3.05, 3.63) is 130 Å². The molecule has 3 atom stereocenters. The van der Waals surface area contributed by atoms with Crippen molar-refractivity contribution in [1.82, 2.24) is 0 Å². The lowest BCUT2D eigenvalue weighted by Gasteiger charge is -2.22. The van der Waals surface area contributed by atoms with Gasteiger partial charge in [-0.15, -0.1) is 0 Å². The summed E-state index contributed by atoms with van der Waals surface area (Å²) in [5, 5.41) is 10.7. The minimum absolute atomic E-state index is 0.0234. The first kappa shape index (κ1) is 34.4. The molecule has 1 unspecified atom stereocenters. The quantitative estimate of drug-likeness (QED) is 0.170. The van der Waals surface area contributed by atoms with Crippen LogP contribution in [0.15, 0.2) is 101 Å². The molecule has 276 valence electrons. The first-order valence-electron chi connectivity index (χ1n) is 18.5. The summed E-state index contributed by atoms with van der Waals surface area (Å²) >= 11 is 0. The van der Waals surface area contributed by atoms with Crippen molar-refractivity contribution in [2.75, 3.05) is 19.1 Å². The fraction of sp³-hybridized carbons (Fsp3) is 0.244. The number of ketones is 1. The predicted octanol–water partition coefficient (Wildman–Crippen LogP) is 8.49. The number of hydrogen-bond donors (Lipinski definition) is 1. The zero-order valence-corrected chi connectivity index (χ0v) is 30.5. The van der Waals surface area contributed by atoms with E-state index in [0.717, 1.165) is 24.1 Å². The highest BCUT2D eigenvalue weighted by molar-refractivity contribution is 6.14. The molecule has 0 radical (unpaired) electrons. The van der Waals surface area contributed by atoms with Gasteiger partial charge in [-0.2, -0.15) is 0 Å². The lowest BCUT2D eigenvalue weighted by Crippen LogP contribution is -2.37. The Bertz CT molecular complexity index is 2420. The predicted molar refractivity (Wildman–Crippen MR) is 210 cm³/mol. The molecule has 10 heteroatoms. The summed E-state index contributed by atoms with van der Waals surface area (Å²) in [6.07, 6.45) is 6.59. The van der Waals surface area contributed by atoms with E-state index in [2.05, 4.69) is 24.3 Å². The number of methoxy groups -OCH3 is 2. The smallest absolute Gasteiger partial charge is 0.261 e. The third-order valence-corrected chi connectivity index (χ3v) is 11.1. The van der Waals surface area contributed by atoms with E-state index in [1.807, 2.05) is 42.8 Å². The number of phenolic OH excluding ortho intramolecular Hbond substituents is 1. The Hall–Kier alpha value is -6.42. The van der Waals surface area contributed by atoms with Gasteiger partial charge in [0.1, 0.15) is 19.0 Å². The maximum Gasteiger partial charge on any atom is 0.261 e. The number of aliphatic imine (C=N–C) groups is 2. The van der Waals surface area contributed by atoms with Crippen molar-refractivity contribution < 1.29 is 33.6 Å². The molecule has 9 rings (SSSR count). The number of rotatable bonds is 8. The van der Waals surface area contributed by atoms with Gasteiger partial charge in [0.25, 0.3) is 5.91 Å². The molecule has 0 fully saturated rings. The second-order valence-electron chi connectivity index (χ2n) is 14.4. The Labute approximate surface area is 318 Å². The van der Waals surface area contributed by atoms with Crippen molar-refractivity contribution in [3.63, 3.8) is 0 Å². The molecule has 5 aromatic rings. The number of nitrogens with zero attached hydrogens (tertiary/aromatic N) is 3. The van der Waals surface area contributed by atoms with E-state index in [4.69, 9.17) is 28.9 Å². The van der Waals surface area contributed by atoms with Crippen molar-refractivity contribution in [1.29, 1.82) is 0 Å². The summed E-state index contributed by atoms with van der Waals surface area (Å²) in [5.41, 5.74) is 8.01. The van der Waals surface area contributed by atoms with E-state index in [-0.39, 0.29) is 48.5 Å². The molecule has 0 bridgehead atoms. The number of fused-ring (bicyclic) bond motifs is 8. The number of benzene rings is 5. The normalized spacial score (nSPS) is 19.1. The molecule has 5 aromatic carbocycles. The van der Waals surface area contributed by atoms with Gasteiger partial charge in [0.2, 0.25) is 0 Å². The van der Waals surface area contributed by atoms with Crippen LogP contribution in [0.3, 0.4) is 0 Å². The maximum absolute atomic E-state index is 13.8. The van der Waals surface area contributed by atoms with Gasteiger partial charge in [-0.05, 0) is 83.0 Å². The fourth-order valence-electron chi connectivity index (χ4n) is 8.40. The van der Waals surface area contributed by atoms with E-state index in [9.17, 15) is 14.7 Å². The molecule has 1 N–H and O–H groups in total. The minimum atomic E-state index is -0.172. The first-order valence-corrected chi connectivity index (χ1v) is 18.5. The Morgan fingerprint density at radius 2 is 1.35 bits per heavy atom. The zero-order valence-electron chi connectivity index (χ0n) is 30.5. The summed E-state index contributed by atoms with van der Waals surface area (Å²) in [5.74, 6) is 2.08. The second-order valence-corrected chi connectivity index (χ2v) is 14.4. The standard InChI is InChI=1S/C45H39N3O7/c1-52-41-18-35-37(46-22-30-16-28-7-3-5-9-33(28)34(30)11-12-40(35)50)20-43(41)54-24-26-13-27(15-32(49)14-26)25-55-44-21-38-36(19-42(44)53-2)45(51)48-31(23-47-38)17-29-8-4-6-10-39(29)48/h3-10,13-15,18-23,30-31,34,49H,11-12,16-17,24-25H2,1-2H3/t30-,31-,34?/m0/s1. The highest BCUT2D eigenvalue weighted by Gasteiger charge is 2.37. The van der Waals surface area contributed by atoms with Crippen molar-refractivity contribution in [2.45, 2.75) is 50.9 Å². The van der Waals surface area contributed by atoms with E-state index in [0.29, 0.717) is 69.5 Å². The monoisotopic (exact) mass is 733 g/mol. The Morgan fingerprint density at radius 3 is 2.07 bits per heavy atom. The van der Waals surface area contributed by atoms with Gasteiger partial charge in [-0.3, -0.25) is 24.5 Å².